The van der Waals surface area contributed by atoms with Crippen LogP contribution in [0.1, 0.15) is 50.5 Å². The van der Waals surface area contributed by atoms with Crippen molar-refractivity contribution in [2.45, 2.75) is 20.4 Å². The van der Waals surface area contributed by atoms with Gasteiger partial charge in [-0.1, -0.05) is 12.1 Å². The Morgan fingerprint density at radius 3 is 2.44 bits per heavy atom. The smallest absolute Gasteiger partial charge is 0.266 e. The quantitative estimate of drug-likeness (QED) is 0.463. The first-order chi connectivity index (χ1) is 17.5. The monoisotopic (exact) mass is 486 g/mol. The van der Waals surface area contributed by atoms with Gasteiger partial charge in [0.15, 0.2) is 11.5 Å². The van der Waals surface area contributed by atoms with Crippen molar-refractivity contribution in [3.63, 3.8) is 0 Å². The van der Waals surface area contributed by atoms with Crippen LogP contribution < -0.4 is 19.1 Å². The van der Waals surface area contributed by atoms with Crippen molar-refractivity contribution in [2.75, 3.05) is 31.3 Å². The fourth-order valence-electron chi connectivity index (χ4n) is 4.44. The van der Waals surface area contributed by atoms with Gasteiger partial charge in [-0.3, -0.25) is 14.4 Å². The standard InChI is InChI=1S/C28H26N2O6/c1-3-29(17-19-6-5-7-24-25(19)36-15-14-35-24)26(31)18-8-13-22-23(16-18)28(33)30(27(22)32)20-9-11-21(12-10-20)34-4-2/h5-13,16H,3-4,14-15,17H2,1-2H3. The molecular formula is C28H26N2O6. The second kappa shape index (κ2) is 9.73. The minimum atomic E-state index is -0.459. The molecule has 0 saturated heterocycles. The topological polar surface area (TPSA) is 85.4 Å². The summed E-state index contributed by atoms with van der Waals surface area (Å²) in [5.74, 6) is 0.851. The Morgan fingerprint density at radius 2 is 1.69 bits per heavy atom. The second-order valence-corrected chi connectivity index (χ2v) is 8.39. The number of carbonyl (C=O) groups excluding carboxylic acids is 3. The number of hydrogen-bond donors (Lipinski definition) is 0. The summed E-state index contributed by atoms with van der Waals surface area (Å²) >= 11 is 0. The number of benzene rings is 3. The fraction of sp³-hybridized carbons (Fsp3) is 0.250. The van der Waals surface area contributed by atoms with Gasteiger partial charge >= 0.3 is 0 Å². The number of amides is 3. The van der Waals surface area contributed by atoms with E-state index in [0.29, 0.717) is 61.4 Å². The molecule has 0 unspecified atom stereocenters. The lowest BCUT2D eigenvalue weighted by atomic mass is 10.0. The average molecular weight is 487 g/mol. The minimum Gasteiger partial charge on any atom is -0.494 e. The van der Waals surface area contributed by atoms with E-state index < -0.39 is 11.8 Å². The number of carbonyl (C=O) groups is 3. The van der Waals surface area contributed by atoms with Gasteiger partial charge in [-0.05, 0) is 62.4 Å². The van der Waals surface area contributed by atoms with Crippen molar-refractivity contribution in [1.29, 1.82) is 0 Å². The van der Waals surface area contributed by atoms with E-state index in [0.717, 1.165) is 10.5 Å². The van der Waals surface area contributed by atoms with Gasteiger partial charge in [0.1, 0.15) is 19.0 Å². The van der Waals surface area contributed by atoms with Crippen molar-refractivity contribution in [2.24, 2.45) is 0 Å². The zero-order valence-corrected chi connectivity index (χ0v) is 20.2. The number of imide groups is 1. The molecule has 0 radical (unpaired) electrons. The molecule has 8 heteroatoms. The molecule has 3 amide bonds. The average Bonchev–Trinajstić information content (AvgIpc) is 3.16. The molecule has 3 aromatic rings. The van der Waals surface area contributed by atoms with E-state index in [-0.39, 0.29) is 17.0 Å². The lowest BCUT2D eigenvalue weighted by Crippen LogP contribution is -2.31. The van der Waals surface area contributed by atoms with E-state index in [1.165, 1.54) is 6.07 Å². The third kappa shape index (κ3) is 4.15. The molecule has 0 spiro atoms. The lowest BCUT2D eigenvalue weighted by molar-refractivity contribution is 0.0748. The number of nitrogens with zero attached hydrogens (tertiary/aromatic N) is 2. The van der Waals surface area contributed by atoms with Gasteiger partial charge in [0.05, 0.1) is 23.4 Å². The number of fused-ring (bicyclic) bond motifs is 2. The van der Waals surface area contributed by atoms with E-state index in [4.69, 9.17) is 14.2 Å². The number of rotatable bonds is 7. The summed E-state index contributed by atoms with van der Waals surface area (Å²) < 4.78 is 16.9. The maximum absolute atomic E-state index is 13.4. The summed E-state index contributed by atoms with van der Waals surface area (Å²) in [7, 11) is 0. The largest absolute Gasteiger partial charge is 0.494 e. The Kier molecular flexibility index (Phi) is 6.33. The molecule has 2 aliphatic heterocycles. The van der Waals surface area contributed by atoms with Crippen LogP contribution in [0, 0.1) is 0 Å². The van der Waals surface area contributed by atoms with Gasteiger partial charge in [0.2, 0.25) is 0 Å². The molecule has 0 N–H and O–H groups in total. The third-order valence-corrected chi connectivity index (χ3v) is 6.22. The summed E-state index contributed by atoms with van der Waals surface area (Å²) in [5.41, 5.74) is 2.12. The van der Waals surface area contributed by atoms with Gasteiger partial charge in [0.25, 0.3) is 17.7 Å². The zero-order valence-electron chi connectivity index (χ0n) is 20.2. The van der Waals surface area contributed by atoms with Crippen LogP contribution in [0.25, 0.3) is 0 Å². The lowest BCUT2D eigenvalue weighted by Gasteiger charge is -2.25. The number of anilines is 1. The molecule has 0 aromatic heterocycles. The Bertz CT molecular complexity index is 1330. The normalized spacial score (nSPS) is 14.0. The van der Waals surface area contributed by atoms with Crippen LogP contribution in [0.15, 0.2) is 60.7 Å². The van der Waals surface area contributed by atoms with Gasteiger partial charge in [-0.15, -0.1) is 0 Å². The molecule has 0 fully saturated rings. The molecule has 36 heavy (non-hydrogen) atoms. The van der Waals surface area contributed by atoms with Crippen LogP contribution in [0.2, 0.25) is 0 Å². The molecule has 8 nitrogen and oxygen atoms in total. The summed E-state index contributed by atoms with van der Waals surface area (Å²) in [6.45, 7) is 6.01. The summed E-state index contributed by atoms with van der Waals surface area (Å²) in [5, 5.41) is 0. The highest BCUT2D eigenvalue weighted by Gasteiger charge is 2.37. The van der Waals surface area contributed by atoms with E-state index in [2.05, 4.69) is 0 Å². The van der Waals surface area contributed by atoms with Gasteiger partial charge in [-0.25, -0.2) is 4.90 Å². The van der Waals surface area contributed by atoms with E-state index in [9.17, 15) is 14.4 Å². The number of ether oxygens (including phenoxy) is 3. The minimum absolute atomic E-state index is 0.213. The Hall–Kier alpha value is -4.33. The van der Waals surface area contributed by atoms with Crippen molar-refractivity contribution in [3.05, 3.63) is 82.9 Å². The van der Waals surface area contributed by atoms with Crippen molar-refractivity contribution in [3.8, 4) is 17.2 Å². The van der Waals surface area contributed by atoms with E-state index in [1.54, 1.807) is 41.3 Å². The van der Waals surface area contributed by atoms with Crippen LogP contribution >= 0.6 is 0 Å². The molecule has 3 aromatic carbocycles. The van der Waals surface area contributed by atoms with Crippen LogP contribution in [0.3, 0.4) is 0 Å². The van der Waals surface area contributed by atoms with E-state index >= 15 is 0 Å². The van der Waals surface area contributed by atoms with Crippen molar-refractivity contribution >= 4 is 23.4 Å². The van der Waals surface area contributed by atoms with Crippen molar-refractivity contribution in [1.82, 2.24) is 4.90 Å². The van der Waals surface area contributed by atoms with Gasteiger partial charge in [0, 0.05) is 24.2 Å². The summed E-state index contributed by atoms with van der Waals surface area (Å²) in [6, 6.07) is 17.0. The Morgan fingerprint density at radius 1 is 0.944 bits per heavy atom. The first-order valence-electron chi connectivity index (χ1n) is 11.9. The maximum Gasteiger partial charge on any atom is 0.266 e. The maximum atomic E-state index is 13.4. The molecule has 0 bridgehead atoms. The molecule has 184 valence electrons. The summed E-state index contributed by atoms with van der Waals surface area (Å²) in [6.07, 6.45) is 0. The molecule has 2 heterocycles. The highest BCUT2D eigenvalue weighted by Crippen LogP contribution is 2.35. The van der Waals surface area contributed by atoms with Crippen LogP contribution in [-0.4, -0.2) is 49.0 Å². The third-order valence-electron chi connectivity index (χ3n) is 6.22. The van der Waals surface area contributed by atoms with Crippen LogP contribution in [0.4, 0.5) is 5.69 Å². The summed E-state index contributed by atoms with van der Waals surface area (Å²) in [4.78, 5) is 42.4. The Balaban J connectivity index is 1.39. The molecule has 0 atom stereocenters. The molecular weight excluding hydrogens is 460 g/mol. The first kappa shape index (κ1) is 23.4. The molecule has 5 rings (SSSR count). The van der Waals surface area contributed by atoms with Crippen LogP contribution in [0.5, 0.6) is 17.2 Å². The van der Waals surface area contributed by atoms with Gasteiger partial charge in [-0.2, -0.15) is 0 Å². The second-order valence-electron chi connectivity index (χ2n) is 8.39. The fourth-order valence-corrected chi connectivity index (χ4v) is 4.44. The highest BCUT2D eigenvalue weighted by molar-refractivity contribution is 6.34. The predicted octanol–water partition coefficient (Wildman–Crippen LogP) is 4.32. The molecule has 0 saturated carbocycles. The first-order valence-corrected chi connectivity index (χ1v) is 11.9. The zero-order chi connectivity index (χ0) is 25.2. The van der Waals surface area contributed by atoms with Gasteiger partial charge < -0.3 is 19.1 Å². The SMILES string of the molecule is CCOc1ccc(N2C(=O)c3ccc(C(=O)N(CC)Cc4cccc5c4OCCO5)cc3C2=O)cc1. The molecule has 0 aliphatic carbocycles. The predicted molar refractivity (Wildman–Crippen MR) is 133 cm³/mol. The number of hydrogen-bond acceptors (Lipinski definition) is 6. The van der Waals surface area contributed by atoms with E-state index in [1.807, 2.05) is 32.0 Å². The molecule has 2 aliphatic rings. The van der Waals surface area contributed by atoms with Crippen LogP contribution in [-0.2, 0) is 6.54 Å². The van der Waals surface area contributed by atoms with Crippen molar-refractivity contribution < 1.29 is 28.6 Å². The number of para-hydroxylation sites is 1. The Labute approximate surface area is 209 Å². The highest BCUT2D eigenvalue weighted by atomic mass is 16.6.